The number of nitrogens with one attached hydrogen (secondary N) is 2. The number of carbonyl (C=O) groups is 4. The van der Waals surface area contributed by atoms with Crippen LogP contribution in [-0.2, 0) is 20.9 Å². The second kappa shape index (κ2) is 12.1. The second-order valence-electron chi connectivity index (χ2n) is 9.42. The predicted octanol–water partition coefficient (Wildman–Crippen LogP) is 5.66. The number of aromatic nitrogens is 1. The van der Waals surface area contributed by atoms with Crippen molar-refractivity contribution in [2.75, 3.05) is 23.8 Å². The summed E-state index contributed by atoms with van der Waals surface area (Å²) >= 11 is 0.780. The summed E-state index contributed by atoms with van der Waals surface area (Å²) < 4.78 is 7.20. The number of nitrogens with zero attached hydrogens (tertiary/aromatic N) is 2. The Labute approximate surface area is 241 Å². The minimum absolute atomic E-state index is 0.0649. The number of carbonyl (C=O) groups excluding carboxylic acids is 4. The van der Waals surface area contributed by atoms with Crippen LogP contribution in [0.15, 0.2) is 83.9 Å². The van der Waals surface area contributed by atoms with Gasteiger partial charge in [-0.15, -0.1) is 0 Å². The van der Waals surface area contributed by atoms with E-state index in [0.29, 0.717) is 29.3 Å². The summed E-state index contributed by atoms with van der Waals surface area (Å²) in [6, 6.07) is 21.9. The van der Waals surface area contributed by atoms with Crippen LogP contribution in [-0.4, -0.2) is 45.6 Å². The SMILES string of the molecule is CCOc1ccc(NC(=O)CN2C(=O)S/C(=C/c3cn(CC(=O)Nc4ccc(C)cc4)c4ccccc34)C2=O)cc1. The van der Waals surface area contributed by atoms with Gasteiger partial charge in [-0.2, -0.15) is 0 Å². The monoisotopic (exact) mass is 568 g/mol. The third-order valence-corrected chi connectivity index (χ3v) is 7.29. The van der Waals surface area contributed by atoms with Gasteiger partial charge in [-0.1, -0.05) is 35.9 Å². The molecule has 0 unspecified atom stereocenters. The third-order valence-electron chi connectivity index (χ3n) is 6.38. The van der Waals surface area contributed by atoms with Gasteiger partial charge >= 0.3 is 0 Å². The van der Waals surface area contributed by atoms with Crippen LogP contribution in [0.5, 0.6) is 5.75 Å². The number of benzene rings is 3. The molecule has 2 heterocycles. The van der Waals surface area contributed by atoms with Crippen molar-refractivity contribution in [3.63, 3.8) is 0 Å². The highest BCUT2D eigenvalue weighted by atomic mass is 32.2. The Balaban J connectivity index is 1.29. The molecule has 1 fully saturated rings. The lowest BCUT2D eigenvalue weighted by atomic mass is 10.1. The number of imide groups is 1. The van der Waals surface area contributed by atoms with E-state index in [1.54, 1.807) is 41.1 Å². The van der Waals surface area contributed by atoms with Crippen molar-refractivity contribution < 1.29 is 23.9 Å². The molecule has 5 rings (SSSR count). The summed E-state index contributed by atoms with van der Waals surface area (Å²) in [7, 11) is 0. The molecule has 1 saturated heterocycles. The van der Waals surface area contributed by atoms with Gasteiger partial charge in [0.2, 0.25) is 11.8 Å². The summed E-state index contributed by atoms with van der Waals surface area (Å²) in [4.78, 5) is 52.3. The van der Waals surface area contributed by atoms with Gasteiger partial charge in [0.25, 0.3) is 11.1 Å². The van der Waals surface area contributed by atoms with Crippen LogP contribution < -0.4 is 15.4 Å². The van der Waals surface area contributed by atoms with Gasteiger partial charge in [0.15, 0.2) is 0 Å². The minimum atomic E-state index is -0.546. The van der Waals surface area contributed by atoms with Crippen molar-refractivity contribution in [3.8, 4) is 5.75 Å². The van der Waals surface area contributed by atoms with E-state index >= 15 is 0 Å². The molecule has 0 atom stereocenters. The lowest BCUT2D eigenvalue weighted by molar-refractivity contribution is -0.127. The van der Waals surface area contributed by atoms with Crippen LogP contribution in [0.4, 0.5) is 16.2 Å². The molecule has 0 spiro atoms. The maximum absolute atomic E-state index is 13.1. The standard InChI is InChI=1S/C31H28N4O5S/c1-3-40-24-14-12-23(13-15-24)33-29(37)19-35-30(38)27(41-31(35)39)16-21-17-34(26-7-5-4-6-25(21)26)18-28(36)32-22-10-8-20(2)9-11-22/h4-17H,3,18-19H2,1-2H3,(H,32,36)(H,33,37)/b27-16+. The molecule has 0 radical (unpaired) electrons. The van der Waals surface area contributed by atoms with E-state index < -0.39 is 23.6 Å². The maximum atomic E-state index is 13.1. The number of aryl methyl sites for hydroxylation is 1. The van der Waals surface area contributed by atoms with Gasteiger partial charge in [0, 0.05) is 34.0 Å². The number of fused-ring (bicyclic) bond motifs is 1. The molecule has 2 N–H and O–H groups in total. The largest absolute Gasteiger partial charge is 0.494 e. The zero-order valence-electron chi connectivity index (χ0n) is 22.5. The highest BCUT2D eigenvalue weighted by Gasteiger charge is 2.36. The van der Waals surface area contributed by atoms with E-state index in [1.165, 1.54) is 0 Å². The van der Waals surface area contributed by atoms with Crippen molar-refractivity contribution in [2.24, 2.45) is 0 Å². The molecule has 1 aromatic heterocycles. The Bertz CT molecular complexity index is 1660. The van der Waals surface area contributed by atoms with E-state index in [4.69, 9.17) is 4.74 Å². The molecule has 41 heavy (non-hydrogen) atoms. The molecule has 208 valence electrons. The van der Waals surface area contributed by atoms with Crippen molar-refractivity contribution in [3.05, 3.63) is 95.0 Å². The van der Waals surface area contributed by atoms with Crippen molar-refractivity contribution in [1.82, 2.24) is 9.47 Å². The highest BCUT2D eigenvalue weighted by molar-refractivity contribution is 8.18. The first-order chi connectivity index (χ1) is 19.8. The third kappa shape index (κ3) is 6.50. The molecule has 10 heteroatoms. The summed E-state index contributed by atoms with van der Waals surface area (Å²) in [5.74, 6) is -0.556. The predicted molar refractivity (Wildman–Crippen MR) is 161 cm³/mol. The number of para-hydroxylation sites is 1. The van der Waals surface area contributed by atoms with Crippen molar-refractivity contribution in [1.29, 1.82) is 0 Å². The van der Waals surface area contributed by atoms with E-state index in [9.17, 15) is 19.2 Å². The number of hydrogen-bond acceptors (Lipinski definition) is 6. The average molecular weight is 569 g/mol. The van der Waals surface area contributed by atoms with Gasteiger partial charge in [-0.3, -0.25) is 24.1 Å². The van der Waals surface area contributed by atoms with E-state index in [2.05, 4.69) is 10.6 Å². The number of amides is 4. The summed E-state index contributed by atoms with van der Waals surface area (Å²) in [6.45, 7) is 4.05. The number of anilines is 2. The smallest absolute Gasteiger partial charge is 0.294 e. The summed E-state index contributed by atoms with van der Waals surface area (Å²) in [5, 5.41) is 5.90. The molecule has 0 bridgehead atoms. The first-order valence-corrected chi connectivity index (χ1v) is 13.8. The Hall–Kier alpha value is -4.83. The van der Waals surface area contributed by atoms with Crippen LogP contribution in [0.25, 0.3) is 17.0 Å². The van der Waals surface area contributed by atoms with Gasteiger partial charge in [-0.05, 0) is 74.1 Å². The first-order valence-electron chi connectivity index (χ1n) is 13.0. The molecule has 9 nitrogen and oxygen atoms in total. The number of rotatable bonds is 9. The summed E-state index contributed by atoms with van der Waals surface area (Å²) in [6.07, 6.45) is 3.41. The van der Waals surface area contributed by atoms with Gasteiger partial charge < -0.3 is 19.9 Å². The number of ether oxygens (including phenoxy) is 1. The fourth-order valence-corrected chi connectivity index (χ4v) is 5.27. The molecule has 0 aliphatic carbocycles. The first kappa shape index (κ1) is 27.7. The van der Waals surface area contributed by atoms with Gasteiger partial charge in [0.05, 0.1) is 11.5 Å². The zero-order valence-corrected chi connectivity index (χ0v) is 23.4. The summed E-state index contributed by atoms with van der Waals surface area (Å²) in [5.41, 5.74) is 3.83. The van der Waals surface area contributed by atoms with Crippen LogP contribution in [0, 0.1) is 6.92 Å². The topological polar surface area (TPSA) is 110 Å². The molecule has 4 aromatic rings. The Kier molecular flexibility index (Phi) is 8.21. The molecular weight excluding hydrogens is 540 g/mol. The van der Waals surface area contributed by atoms with Crippen molar-refractivity contribution in [2.45, 2.75) is 20.4 Å². The Morgan fingerprint density at radius 1 is 0.878 bits per heavy atom. The molecule has 4 amide bonds. The Morgan fingerprint density at radius 3 is 2.20 bits per heavy atom. The van der Waals surface area contributed by atoms with Crippen LogP contribution >= 0.6 is 11.8 Å². The zero-order chi connectivity index (χ0) is 28.9. The van der Waals surface area contributed by atoms with E-state index in [1.807, 2.05) is 62.4 Å². The fourth-order valence-electron chi connectivity index (χ4n) is 4.44. The van der Waals surface area contributed by atoms with Crippen LogP contribution in [0.1, 0.15) is 18.1 Å². The normalized spacial score (nSPS) is 14.1. The van der Waals surface area contributed by atoms with Gasteiger partial charge in [0.1, 0.15) is 18.8 Å². The lowest BCUT2D eigenvalue weighted by Crippen LogP contribution is -2.36. The van der Waals surface area contributed by atoms with Crippen LogP contribution in [0.2, 0.25) is 0 Å². The van der Waals surface area contributed by atoms with Gasteiger partial charge in [-0.25, -0.2) is 0 Å². The number of thioether (sulfide) groups is 1. The molecule has 3 aromatic carbocycles. The Morgan fingerprint density at radius 2 is 1.51 bits per heavy atom. The quantitative estimate of drug-likeness (QED) is 0.252. The average Bonchev–Trinajstić information content (AvgIpc) is 3.42. The maximum Gasteiger partial charge on any atom is 0.294 e. The van der Waals surface area contributed by atoms with E-state index in [0.717, 1.165) is 33.1 Å². The molecular formula is C31H28N4O5S. The van der Waals surface area contributed by atoms with E-state index in [-0.39, 0.29) is 17.4 Å². The molecule has 0 saturated carbocycles. The second-order valence-corrected chi connectivity index (χ2v) is 10.4. The number of hydrogen-bond donors (Lipinski definition) is 2. The fraction of sp³-hybridized carbons (Fsp3) is 0.161. The van der Waals surface area contributed by atoms with Crippen molar-refractivity contribution >= 4 is 63.1 Å². The molecule has 1 aliphatic heterocycles. The van der Waals surface area contributed by atoms with Crippen LogP contribution in [0.3, 0.4) is 0 Å². The molecule has 1 aliphatic rings. The minimum Gasteiger partial charge on any atom is -0.494 e. The highest BCUT2D eigenvalue weighted by Crippen LogP contribution is 2.34. The lowest BCUT2D eigenvalue weighted by Gasteiger charge is -2.12.